The van der Waals surface area contributed by atoms with Crippen molar-refractivity contribution < 1.29 is 14.1 Å². The highest BCUT2D eigenvalue weighted by atomic mass is 16.5. The first-order valence-corrected chi connectivity index (χ1v) is 10.3. The van der Waals surface area contributed by atoms with E-state index in [0.717, 1.165) is 16.9 Å². The van der Waals surface area contributed by atoms with Gasteiger partial charge >= 0.3 is 0 Å². The van der Waals surface area contributed by atoms with Crippen LogP contribution in [0.3, 0.4) is 0 Å². The van der Waals surface area contributed by atoms with Crippen LogP contribution in [0.4, 0.5) is 0 Å². The molecule has 0 saturated carbocycles. The topological polar surface area (TPSA) is 77.2 Å². The number of carbonyl (C=O) groups is 1. The van der Waals surface area contributed by atoms with Gasteiger partial charge in [-0.25, -0.2) is 0 Å². The van der Waals surface area contributed by atoms with Crippen LogP contribution in [0.25, 0.3) is 0 Å². The number of hydrogen-bond acceptors (Lipinski definition) is 5. The maximum absolute atomic E-state index is 12.3. The Morgan fingerprint density at radius 3 is 2.43 bits per heavy atom. The SMILES string of the molecule is CC(C)(C)c1noc(CCCC(=O)NCc2ccccc2COc2ccccc2)n1. The lowest BCUT2D eigenvalue weighted by Gasteiger charge is -2.12. The number of amides is 1. The smallest absolute Gasteiger partial charge is 0.226 e. The third-order valence-corrected chi connectivity index (χ3v) is 4.67. The van der Waals surface area contributed by atoms with Crippen LogP contribution in [0.15, 0.2) is 59.1 Å². The molecule has 3 aromatic rings. The maximum Gasteiger partial charge on any atom is 0.226 e. The van der Waals surface area contributed by atoms with Crippen molar-refractivity contribution >= 4 is 5.91 Å². The predicted molar refractivity (Wildman–Crippen MR) is 115 cm³/mol. The summed E-state index contributed by atoms with van der Waals surface area (Å²) in [5.74, 6) is 2.10. The molecular weight excluding hydrogens is 378 g/mol. The summed E-state index contributed by atoms with van der Waals surface area (Å²) in [6.45, 7) is 7.05. The monoisotopic (exact) mass is 407 g/mol. The van der Waals surface area contributed by atoms with Crippen molar-refractivity contribution in [3.8, 4) is 5.75 Å². The van der Waals surface area contributed by atoms with E-state index >= 15 is 0 Å². The number of nitrogens with one attached hydrogen (secondary N) is 1. The van der Waals surface area contributed by atoms with Gasteiger partial charge in [-0.1, -0.05) is 68.4 Å². The minimum Gasteiger partial charge on any atom is -0.489 e. The Bertz CT molecular complexity index is 946. The van der Waals surface area contributed by atoms with E-state index < -0.39 is 0 Å². The van der Waals surface area contributed by atoms with Crippen molar-refractivity contribution in [2.24, 2.45) is 0 Å². The third-order valence-electron chi connectivity index (χ3n) is 4.67. The fourth-order valence-corrected chi connectivity index (χ4v) is 2.89. The zero-order valence-corrected chi connectivity index (χ0v) is 17.9. The second-order valence-electron chi connectivity index (χ2n) is 8.26. The lowest BCUT2D eigenvalue weighted by Crippen LogP contribution is -2.23. The van der Waals surface area contributed by atoms with Crippen molar-refractivity contribution in [3.63, 3.8) is 0 Å². The molecule has 6 nitrogen and oxygen atoms in total. The standard InChI is InChI=1S/C24H29N3O3/c1-24(2,3)23-26-22(30-27-23)15-9-14-21(28)25-16-18-10-7-8-11-19(18)17-29-20-12-5-4-6-13-20/h4-8,10-13H,9,14-17H2,1-3H3,(H,25,28). The van der Waals surface area contributed by atoms with Crippen LogP contribution >= 0.6 is 0 Å². The van der Waals surface area contributed by atoms with E-state index in [4.69, 9.17) is 9.26 Å². The molecule has 0 fully saturated rings. The number of benzene rings is 2. The molecule has 30 heavy (non-hydrogen) atoms. The van der Waals surface area contributed by atoms with Crippen molar-refractivity contribution in [1.82, 2.24) is 15.5 Å². The number of ether oxygens (including phenoxy) is 1. The van der Waals surface area contributed by atoms with E-state index in [2.05, 4.69) is 15.5 Å². The highest BCUT2D eigenvalue weighted by Crippen LogP contribution is 2.19. The normalized spacial score (nSPS) is 11.3. The minimum atomic E-state index is -0.142. The highest BCUT2D eigenvalue weighted by Gasteiger charge is 2.20. The summed E-state index contributed by atoms with van der Waals surface area (Å²) >= 11 is 0. The molecule has 2 aromatic carbocycles. The summed E-state index contributed by atoms with van der Waals surface area (Å²) in [4.78, 5) is 16.7. The van der Waals surface area contributed by atoms with Gasteiger partial charge in [0.2, 0.25) is 11.8 Å². The second kappa shape index (κ2) is 10.1. The molecule has 1 amide bonds. The van der Waals surface area contributed by atoms with Crippen LogP contribution < -0.4 is 10.1 Å². The number of carbonyl (C=O) groups excluding carboxylic acids is 1. The van der Waals surface area contributed by atoms with Gasteiger partial charge in [-0.3, -0.25) is 4.79 Å². The number of hydrogen-bond donors (Lipinski definition) is 1. The number of nitrogens with zero attached hydrogens (tertiary/aromatic N) is 2. The molecule has 0 aliphatic heterocycles. The van der Waals surface area contributed by atoms with Crippen LogP contribution in [0.1, 0.15) is 56.5 Å². The molecule has 0 radical (unpaired) electrons. The van der Waals surface area contributed by atoms with Gasteiger partial charge in [-0.15, -0.1) is 0 Å². The zero-order chi connectivity index (χ0) is 21.4. The van der Waals surface area contributed by atoms with Gasteiger partial charge in [0.25, 0.3) is 0 Å². The van der Waals surface area contributed by atoms with Gasteiger partial charge in [-0.2, -0.15) is 4.98 Å². The first-order valence-electron chi connectivity index (χ1n) is 10.3. The Hall–Kier alpha value is -3.15. The van der Waals surface area contributed by atoms with E-state index in [1.165, 1.54) is 0 Å². The molecule has 0 saturated heterocycles. The van der Waals surface area contributed by atoms with Gasteiger partial charge < -0.3 is 14.6 Å². The van der Waals surface area contributed by atoms with Gasteiger partial charge in [-0.05, 0) is 29.7 Å². The fraction of sp³-hybridized carbons (Fsp3) is 0.375. The maximum atomic E-state index is 12.3. The summed E-state index contributed by atoms with van der Waals surface area (Å²) in [5, 5.41) is 7.00. The Kier molecular flexibility index (Phi) is 7.22. The fourth-order valence-electron chi connectivity index (χ4n) is 2.89. The molecule has 1 aromatic heterocycles. The average molecular weight is 408 g/mol. The highest BCUT2D eigenvalue weighted by molar-refractivity contribution is 5.75. The van der Waals surface area contributed by atoms with Gasteiger partial charge in [0.05, 0.1) is 0 Å². The van der Waals surface area contributed by atoms with Crippen LogP contribution in [-0.4, -0.2) is 16.0 Å². The Morgan fingerprint density at radius 1 is 1.03 bits per heavy atom. The van der Waals surface area contributed by atoms with Crippen LogP contribution in [0.5, 0.6) is 5.75 Å². The molecule has 0 bridgehead atoms. The Labute approximate surface area is 177 Å². The molecular formula is C24H29N3O3. The molecule has 3 rings (SSSR count). The third kappa shape index (κ3) is 6.44. The first kappa shape index (κ1) is 21.6. The summed E-state index contributed by atoms with van der Waals surface area (Å²) in [6.07, 6.45) is 1.67. The average Bonchev–Trinajstić information content (AvgIpc) is 3.22. The molecule has 1 heterocycles. The van der Waals surface area contributed by atoms with Crippen molar-refractivity contribution in [3.05, 3.63) is 77.4 Å². The zero-order valence-electron chi connectivity index (χ0n) is 17.9. The molecule has 1 N–H and O–H groups in total. The second-order valence-corrected chi connectivity index (χ2v) is 8.26. The van der Waals surface area contributed by atoms with Crippen LogP contribution in [0, 0.1) is 0 Å². The Balaban J connectivity index is 1.44. The van der Waals surface area contributed by atoms with Crippen molar-refractivity contribution in [1.29, 1.82) is 0 Å². The molecule has 0 spiro atoms. The van der Waals surface area contributed by atoms with E-state index in [1.54, 1.807) is 0 Å². The number of para-hydroxylation sites is 1. The lowest BCUT2D eigenvalue weighted by atomic mass is 9.96. The van der Waals surface area contributed by atoms with E-state index in [-0.39, 0.29) is 11.3 Å². The molecule has 0 aliphatic carbocycles. The number of rotatable bonds is 9. The van der Waals surface area contributed by atoms with Gasteiger partial charge in [0.15, 0.2) is 5.82 Å². The van der Waals surface area contributed by atoms with E-state index in [0.29, 0.717) is 44.1 Å². The summed E-state index contributed by atoms with van der Waals surface area (Å²) in [5.41, 5.74) is 1.97. The summed E-state index contributed by atoms with van der Waals surface area (Å²) in [6, 6.07) is 17.7. The van der Waals surface area contributed by atoms with Crippen LogP contribution in [-0.2, 0) is 29.8 Å². The van der Waals surface area contributed by atoms with Crippen LogP contribution in [0.2, 0.25) is 0 Å². The molecule has 0 atom stereocenters. The Morgan fingerprint density at radius 2 is 1.73 bits per heavy atom. The lowest BCUT2D eigenvalue weighted by molar-refractivity contribution is -0.121. The molecule has 0 unspecified atom stereocenters. The van der Waals surface area contributed by atoms with Gasteiger partial charge in [0.1, 0.15) is 12.4 Å². The quantitative estimate of drug-likeness (QED) is 0.562. The van der Waals surface area contributed by atoms with Gasteiger partial charge in [0, 0.05) is 24.8 Å². The summed E-state index contributed by atoms with van der Waals surface area (Å²) in [7, 11) is 0. The van der Waals surface area contributed by atoms with E-state index in [1.807, 2.05) is 75.4 Å². The minimum absolute atomic E-state index is 0.00402. The predicted octanol–water partition coefficient (Wildman–Crippen LogP) is 4.59. The van der Waals surface area contributed by atoms with Crippen molar-refractivity contribution in [2.75, 3.05) is 0 Å². The van der Waals surface area contributed by atoms with E-state index in [9.17, 15) is 4.79 Å². The van der Waals surface area contributed by atoms with Crippen molar-refractivity contribution in [2.45, 2.75) is 58.6 Å². The number of aryl methyl sites for hydroxylation is 1. The first-order chi connectivity index (χ1) is 14.4. The molecule has 158 valence electrons. The molecule has 6 heteroatoms. The molecule has 0 aliphatic rings. The summed E-state index contributed by atoms with van der Waals surface area (Å²) < 4.78 is 11.1. The number of aromatic nitrogens is 2. The largest absolute Gasteiger partial charge is 0.489 e.